The van der Waals surface area contributed by atoms with Crippen LogP contribution in [0.5, 0.6) is 0 Å². The SMILES string of the molecule is O=C(O)CN1C(=O)/C(=C2\SC(=S)N(c3cc(C(=O)O)cc(C(=O)O)c3)C2=O)c2ccccc21. The monoisotopic (exact) mass is 484 g/mol. The Hall–Kier alpha value is -4.03. The highest BCUT2D eigenvalue weighted by atomic mass is 32.2. The van der Waals surface area contributed by atoms with Crippen LogP contribution in [0.25, 0.3) is 5.57 Å². The lowest BCUT2D eigenvalue weighted by atomic mass is 10.1. The number of aromatic carboxylic acids is 2. The first-order chi connectivity index (χ1) is 15.6. The lowest BCUT2D eigenvalue weighted by Gasteiger charge is -2.16. The number of fused-ring (bicyclic) bond motifs is 1. The van der Waals surface area contributed by atoms with Crippen LogP contribution < -0.4 is 9.80 Å². The number of hydrogen-bond donors (Lipinski definition) is 3. The van der Waals surface area contributed by atoms with Crippen LogP contribution in [0, 0.1) is 0 Å². The van der Waals surface area contributed by atoms with Crippen molar-refractivity contribution in [3.05, 3.63) is 64.1 Å². The maximum absolute atomic E-state index is 13.3. The average Bonchev–Trinajstić information content (AvgIpc) is 3.19. The van der Waals surface area contributed by atoms with Gasteiger partial charge in [0.25, 0.3) is 11.8 Å². The first-order valence-corrected chi connectivity index (χ1v) is 10.4. The summed E-state index contributed by atoms with van der Waals surface area (Å²) in [6.45, 7) is -0.609. The molecule has 2 aromatic rings. The number of carbonyl (C=O) groups is 5. The Balaban J connectivity index is 1.84. The summed E-state index contributed by atoms with van der Waals surface area (Å²) >= 11 is 6.08. The van der Waals surface area contributed by atoms with Gasteiger partial charge in [-0.3, -0.25) is 24.2 Å². The van der Waals surface area contributed by atoms with E-state index in [-0.39, 0.29) is 31.6 Å². The van der Waals surface area contributed by atoms with E-state index in [9.17, 15) is 39.3 Å². The predicted octanol–water partition coefficient (Wildman–Crippen LogP) is 2.29. The highest BCUT2D eigenvalue weighted by Crippen LogP contribution is 2.45. The van der Waals surface area contributed by atoms with E-state index in [1.165, 1.54) is 0 Å². The molecule has 12 heteroatoms. The lowest BCUT2D eigenvalue weighted by molar-refractivity contribution is -0.136. The number of thioether (sulfide) groups is 1. The molecule has 0 saturated carbocycles. The highest BCUT2D eigenvalue weighted by molar-refractivity contribution is 8.27. The van der Waals surface area contributed by atoms with E-state index in [4.69, 9.17) is 12.2 Å². The normalized spacial score (nSPS) is 17.5. The average molecular weight is 484 g/mol. The van der Waals surface area contributed by atoms with Gasteiger partial charge in [-0.1, -0.05) is 42.2 Å². The number of carboxylic acids is 3. The molecule has 10 nitrogen and oxygen atoms in total. The summed E-state index contributed by atoms with van der Waals surface area (Å²) in [5, 5.41) is 27.8. The van der Waals surface area contributed by atoms with Gasteiger partial charge in [0.05, 0.1) is 33.0 Å². The van der Waals surface area contributed by atoms with Crippen LogP contribution in [0.15, 0.2) is 47.4 Å². The molecule has 33 heavy (non-hydrogen) atoms. The number of thiocarbonyl (C=S) groups is 1. The Labute approximate surface area is 194 Å². The molecule has 2 heterocycles. The number of hydrogen-bond acceptors (Lipinski definition) is 7. The van der Waals surface area contributed by atoms with Crippen LogP contribution in [0.1, 0.15) is 26.3 Å². The van der Waals surface area contributed by atoms with Crippen molar-refractivity contribution in [1.29, 1.82) is 0 Å². The second-order valence-electron chi connectivity index (χ2n) is 6.89. The number of para-hydroxylation sites is 1. The van der Waals surface area contributed by atoms with E-state index in [0.29, 0.717) is 11.3 Å². The van der Waals surface area contributed by atoms with Crippen molar-refractivity contribution in [2.45, 2.75) is 0 Å². The highest BCUT2D eigenvalue weighted by Gasteiger charge is 2.43. The fourth-order valence-electron chi connectivity index (χ4n) is 3.52. The molecule has 1 fully saturated rings. The first-order valence-electron chi connectivity index (χ1n) is 9.15. The van der Waals surface area contributed by atoms with Gasteiger partial charge in [-0.25, -0.2) is 9.59 Å². The Bertz CT molecular complexity index is 1300. The van der Waals surface area contributed by atoms with E-state index in [2.05, 4.69) is 0 Å². The third kappa shape index (κ3) is 3.75. The summed E-state index contributed by atoms with van der Waals surface area (Å²) in [5.41, 5.74) is -0.143. The van der Waals surface area contributed by atoms with Crippen LogP contribution >= 0.6 is 24.0 Å². The molecule has 166 valence electrons. The molecule has 2 aliphatic rings. The van der Waals surface area contributed by atoms with Gasteiger partial charge < -0.3 is 15.3 Å². The summed E-state index contributed by atoms with van der Waals surface area (Å²) in [7, 11) is 0. The van der Waals surface area contributed by atoms with Gasteiger partial charge in [-0.05, 0) is 24.3 Å². The van der Waals surface area contributed by atoms with Crippen LogP contribution in [0.2, 0.25) is 0 Å². The molecule has 1 saturated heterocycles. The number of carboxylic acid groups (broad SMARTS) is 3. The number of benzene rings is 2. The molecule has 3 N–H and O–H groups in total. The molecule has 0 atom stereocenters. The minimum atomic E-state index is -1.40. The zero-order valence-corrected chi connectivity index (χ0v) is 18.0. The Morgan fingerprint density at radius 1 is 0.909 bits per heavy atom. The lowest BCUT2D eigenvalue weighted by Crippen LogP contribution is -2.33. The van der Waals surface area contributed by atoms with Crippen molar-refractivity contribution in [3.63, 3.8) is 0 Å². The second kappa shape index (κ2) is 8.15. The van der Waals surface area contributed by atoms with Crippen molar-refractivity contribution < 1.29 is 39.3 Å². The Kier molecular flexibility index (Phi) is 5.47. The predicted molar refractivity (Wildman–Crippen MR) is 121 cm³/mol. The quantitative estimate of drug-likeness (QED) is 0.426. The van der Waals surface area contributed by atoms with Crippen molar-refractivity contribution in [1.82, 2.24) is 0 Å². The van der Waals surface area contributed by atoms with Crippen LogP contribution in [0.4, 0.5) is 11.4 Å². The molecule has 0 aliphatic carbocycles. The third-order valence-electron chi connectivity index (χ3n) is 4.88. The largest absolute Gasteiger partial charge is 0.480 e. The molecule has 2 aromatic carbocycles. The number of rotatable bonds is 5. The standard InChI is InChI=1S/C21H12N2O8S2/c24-14(25)8-22-13-4-2-1-3-12(13)15(17(22)26)16-18(27)23(21(32)33-16)11-6-9(19(28)29)5-10(7-11)20(30)31/h1-7H,8H2,(H,24,25)(H,28,29)(H,30,31)/b16-15-. The van der Waals surface area contributed by atoms with E-state index >= 15 is 0 Å². The smallest absolute Gasteiger partial charge is 0.335 e. The molecule has 4 rings (SSSR count). The van der Waals surface area contributed by atoms with E-state index in [1.807, 2.05) is 0 Å². The summed E-state index contributed by atoms with van der Waals surface area (Å²) in [5.74, 6) is -5.47. The Morgan fingerprint density at radius 2 is 1.52 bits per heavy atom. The summed E-state index contributed by atoms with van der Waals surface area (Å²) in [6.07, 6.45) is 0. The maximum atomic E-state index is 13.3. The van der Waals surface area contributed by atoms with E-state index in [0.717, 1.165) is 39.8 Å². The van der Waals surface area contributed by atoms with E-state index < -0.39 is 36.3 Å². The first kappa shape index (κ1) is 22.2. The summed E-state index contributed by atoms with van der Waals surface area (Å²) in [4.78, 5) is 62.5. The molecule has 0 unspecified atom stereocenters. The number of aliphatic carboxylic acids is 1. The molecule has 0 spiro atoms. The minimum Gasteiger partial charge on any atom is -0.480 e. The van der Waals surface area contributed by atoms with Crippen molar-refractivity contribution in [2.24, 2.45) is 0 Å². The van der Waals surface area contributed by atoms with Crippen LogP contribution in [-0.2, 0) is 14.4 Å². The molecule has 2 amide bonds. The van der Waals surface area contributed by atoms with Crippen LogP contribution in [0.3, 0.4) is 0 Å². The summed E-state index contributed by atoms with van der Waals surface area (Å²) < 4.78 is -0.0386. The van der Waals surface area contributed by atoms with Gasteiger partial charge in [-0.15, -0.1) is 0 Å². The van der Waals surface area contributed by atoms with Gasteiger partial charge in [0.1, 0.15) is 6.54 Å². The molecular weight excluding hydrogens is 472 g/mol. The topological polar surface area (TPSA) is 153 Å². The second-order valence-corrected chi connectivity index (χ2v) is 8.54. The zero-order chi connectivity index (χ0) is 24.0. The number of carbonyl (C=O) groups excluding carboxylic acids is 2. The zero-order valence-electron chi connectivity index (χ0n) is 16.3. The molecule has 2 aliphatic heterocycles. The number of amides is 2. The van der Waals surface area contributed by atoms with Gasteiger partial charge >= 0.3 is 17.9 Å². The molecular formula is C21H12N2O8S2. The van der Waals surface area contributed by atoms with E-state index in [1.54, 1.807) is 24.3 Å². The number of anilines is 2. The van der Waals surface area contributed by atoms with Gasteiger partial charge in [0, 0.05) is 5.56 Å². The third-order valence-corrected chi connectivity index (χ3v) is 6.26. The van der Waals surface area contributed by atoms with Crippen molar-refractivity contribution in [2.75, 3.05) is 16.3 Å². The van der Waals surface area contributed by atoms with Gasteiger partial charge in [0.2, 0.25) is 0 Å². The van der Waals surface area contributed by atoms with Crippen molar-refractivity contribution in [3.8, 4) is 0 Å². The molecule has 0 aromatic heterocycles. The van der Waals surface area contributed by atoms with Crippen LogP contribution in [-0.4, -0.2) is 55.9 Å². The molecule has 0 bridgehead atoms. The van der Waals surface area contributed by atoms with Gasteiger partial charge in [0.15, 0.2) is 4.32 Å². The Morgan fingerprint density at radius 3 is 2.09 bits per heavy atom. The fourth-order valence-corrected chi connectivity index (χ4v) is 4.89. The van der Waals surface area contributed by atoms with Crippen molar-refractivity contribution >= 4 is 75.0 Å². The summed E-state index contributed by atoms with van der Waals surface area (Å²) in [6, 6.07) is 9.55. The fraction of sp³-hybridized carbons (Fsp3) is 0.0476. The van der Waals surface area contributed by atoms with Gasteiger partial charge in [-0.2, -0.15) is 0 Å². The number of nitrogens with zero attached hydrogens (tertiary/aromatic N) is 2. The minimum absolute atomic E-state index is 0.0282. The molecule has 0 radical (unpaired) electrons. The maximum Gasteiger partial charge on any atom is 0.335 e.